The molecule has 3 amide bonds. The standard InChI is InChI=1S/C29H35FN6O3/c1-29(2,3)31-28(38)36(19-21-8-10-23(30)11-9-21)20-27(37)35-16-14-34(15-17-35)26-13-12-25(32-33-26)22-6-5-7-24(18-22)39-4/h5-13,18H,14-17,19-20H2,1-4H3,(H,31,38). The molecule has 1 aliphatic rings. The summed E-state index contributed by atoms with van der Waals surface area (Å²) < 4.78 is 18.7. The fraction of sp³-hybridized carbons (Fsp3) is 0.379. The van der Waals surface area contributed by atoms with Crippen LogP contribution in [-0.2, 0) is 11.3 Å². The van der Waals surface area contributed by atoms with Gasteiger partial charge in [-0.3, -0.25) is 4.79 Å². The zero-order valence-electron chi connectivity index (χ0n) is 22.9. The van der Waals surface area contributed by atoms with Crippen LogP contribution >= 0.6 is 0 Å². The largest absolute Gasteiger partial charge is 0.497 e. The number of hydrogen-bond acceptors (Lipinski definition) is 6. The lowest BCUT2D eigenvalue weighted by atomic mass is 10.1. The van der Waals surface area contributed by atoms with Gasteiger partial charge in [-0.05, 0) is 62.7 Å². The second-order valence-corrected chi connectivity index (χ2v) is 10.5. The van der Waals surface area contributed by atoms with Gasteiger partial charge < -0.3 is 24.8 Å². The Morgan fingerprint density at radius 3 is 2.33 bits per heavy atom. The van der Waals surface area contributed by atoms with E-state index < -0.39 is 5.54 Å². The van der Waals surface area contributed by atoms with Gasteiger partial charge in [-0.1, -0.05) is 24.3 Å². The van der Waals surface area contributed by atoms with Crippen molar-refractivity contribution in [2.24, 2.45) is 0 Å². The van der Waals surface area contributed by atoms with Crippen LogP contribution < -0.4 is 15.0 Å². The van der Waals surface area contributed by atoms with E-state index in [0.717, 1.165) is 28.4 Å². The Morgan fingerprint density at radius 1 is 1.00 bits per heavy atom. The molecule has 0 spiro atoms. The van der Waals surface area contributed by atoms with Gasteiger partial charge in [0.05, 0.1) is 12.8 Å². The van der Waals surface area contributed by atoms with Gasteiger partial charge in [-0.15, -0.1) is 10.2 Å². The predicted molar refractivity (Wildman–Crippen MR) is 148 cm³/mol. The molecule has 4 rings (SSSR count). The van der Waals surface area contributed by atoms with Crippen molar-refractivity contribution in [2.45, 2.75) is 32.9 Å². The molecule has 1 saturated heterocycles. The van der Waals surface area contributed by atoms with Gasteiger partial charge in [0.25, 0.3) is 0 Å². The van der Waals surface area contributed by atoms with E-state index in [4.69, 9.17) is 4.74 Å². The molecule has 10 heteroatoms. The van der Waals surface area contributed by atoms with Crippen LogP contribution in [0, 0.1) is 5.82 Å². The summed E-state index contributed by atoms with van der Waals surface area (Å²) in [4.78, 5) is 31.5. The lowest BCUT2D eigenvalue weighted by Gasteiger charge is -2.36. The average Bonchev–Trinajstić information content (AvgIpc) is 2.93. The number of hydrogen-bond donors (Lipinski definition) is 1. The van der Waals surface area contributed by atoms with Gasteiger partial charge in [0, 0.05) is 43.8 Å². The van der Waals surface area contributed by atoms with Crippen LogP contribution in [-0.4, -0.2) is 77.3 Å². The van der Waals surface area contributed by atoms with Gasteiger partial charge in [0.2, 0.25) is 5.91 Å². The van der Waals surface area contributed by atoms with Crippen LogP contribution in [0.2, 0.25) is 0 Å². The third-order valence-corrected chi connectivity index (χ3v) is 6.35. The molecule has 0 atom stereocenters. The average molecular weight is 535 g/mol. The maximum Gasteiger partial charge on any atom is 0.318 e. The highest BCUT2D eigenvalue weighted by molar-refractivity contribution is 5.84. The molecule has 1 aliphatic heterocycles. The van der Waals surface area contributed by atoms with Gasteiger partial charge in [-0.2, -0.15) is 0 Å². The van der Waals surface area contributed by atoms with E-state index in [-0.39, 0.29) is 30.8 Å². The van der Waals surface area contributed by atoms with Crippen LogP contribution in [0.5, 0.6) is 5.75 Å². The molecule has 2 heterocycles. The number of urea groups is 1. The topological polar surface area (TPSA) is 90.9 Å². The quantitative estimate of drug-likeness (QED) is 0.494. The minimum atomic E-state index is -0.462. The van der Waals surface area contributed by atoms with Crippen LogP contribution in [0.4, 0.5) is 15.0 Å². The number of nitrogens with zero attached hydrogens (tertiary/aromatic N) is 5. The number of ether oxygens (including phenoxy) is 1. The molecule has 1 aromatic heterocycles. The number of methoxy groups -OCH3 is 1. The summed E-state index contributed by atoms with van der Waals surface area (Å²) in [5.74, 6) is 1.01. The smallest absolute Gasteiger partial charge is 0.318 e. The Labute approximate surface area is 228 Å². The summed E-state index contributed by atoms with van der Waals surface area (Å²) in [6.45, 7) is 7.98. The summed E-state index contributed by atoms with van der Waals surface area (Å²) in [6.07, 6.45) is 0. The molecule has 0 radical (unpaired) electrons. The molecule has 2 aromatic carbocycles. The molecule has 39 heavy (non-hydrogen) atoms. The van der Waals surface area contributed by atoms with Crippen molar-refractivity contribution in [1.29, 1.82) is 0 Å². The third kappa shape index (κ3) is 7.66. The first kappa shape index (κ1) is 27.8. The highest BCUT2D eigenvalue weighted by atomic mass is 19.1. The van der Waals surface area contributed by atoms with E-state index >= 15 is 0 Å². The molecular weight excluding hydrogens is 499 g/mol. The summed E-state index contributed by atoms with van der Waals surface area (Å²) in [7, 11) is 1.63. The first-order valence-electron chi connectivity index (χ1n) is 12.9. The molecule has 0 unspecified atom stereocenters. The van der Waals surface area contributed by atoms with Gasteiger partial charge in [0.1, 0.15) is 18.1 Å². The third-order valence-electron chi connectivity index (χ3n) is 6.35. The van der Waals surface area contributed by atoms with Crippen molar-refractivity contribution < 1.29 is 18.7 Å². The molecule has 3 aromatic rings. The van der Waals surface area contributed by atoms with E-state index in [1.54, 1.807) is 24.1 Å². The van der Waals surface area contributed by atoms with E-state index in [0.29, 0.717) is 26.2 Å². The number of halogens is 1. The molecule has 1 N–H and O–H groups in total. The van der Waals surface area contributed by atoms with Crippen LogP contribution in [0.15, 0.2) is 60.7 Å². The van der Waals surface area contributed by atoms with E-state index in [1.165, 1.54) is 17.0 Å². The minimum Gasteiger partial charge on any atom is -0.497 e. The SMILES string of the molecule is COc1cccc(-c2ccc(N3CCN(C(=O)CN(Cc4ccc(F)cc4)C(=O)NC(C)(C)C)CC3)nn2)c1. The Balaban J connectivity index is 1.36. The molecule has 0 bridgehead atoms. The summed E-state index contributed by atoms with van der Waals surface area (Å²) >= 11 is 0. The normalized spacial score (nSPS) is 13.7. The molecular formula is C29H35FN6O3. The second-order valence-electron chi connectivity index (χ2n) is 10.5. The van der Waals surface area contributed by atoms with Crippen molar-refractivity contribution in [3.63, 3.8) is 0 Å². The minimum absolute atomic E-state index is 0.0751. The van der Waals surface area contributed by atoms with Crippen molar-refractivity contribution >= 4 is 17.8 Å². The molecule has 0 saturated carbocycles. The van der Waals surface area contributed by atoms with E-state index in [1.807, 2.05) is 57.2 Å². The molecule has 1 fully saturated rings. The predicted octanol–water partition coefficient (Wildman–Crippen LogP) is 3.95. The molecule has 206 valence electrons. The zero-order valence-corrected chi connectivity index (χ0v) is 22.9. The number of carbonyl (C=O) groups excluding carboxylic acids is 2. The first-order chi connectivity index (χ1) is 18.6. The van der Waals surface area contributed by atoms with E-state index in [9.17, 15) is 14.0 Å². The Hall–Kier alpha value is -4.21. The number of amides is 3. The number of piperazine rings is 1. The van der Waals surface area contributed by atoms with E-state index in [2.05, 4.69) is 20.4 Å². The fourth-order valence-corrected chi connectivity index (χ4v) is 4.29. The van der Waals surface area contributed by atoms with Crippen molar-refractivity contribution in [3.05, 3.63) is 72.0 Å². The first-order valence-corrected chi connectivity index (χ1v) is 12.9. The Kier molecular flexibility index (Phi) is 8.63. The Bertz CT molecular complexity index is 1270. The Morgan fingerprint density at radius 2 is 1.72 bits per heavy atom. The molecule has 0 aliphatic carbocycles. The van der Waals surface area contributed by atoms with Crippen molar-refractivity contribution in [2.75, 3.05) is 44.7 Å². The monoisotopic (exact) mass is 534 g/mol. The lowest BCUT2D eigenvalue weighted by molar-refractivity contribution is -0.132. The number of aromatic nitrogens is 2. The summed E-state index contributed by atoms with van der Waals surface area (Å²) in [5.41, 5.74) is 1.95. The number of rotatable bonds is 7. The van der Waals surface area contributed by atoms with Crippen molar-refractivity contribution in [3.8, 4) is 17.0 Å². The van der Waals surface area contributed by atoms with Crippen LogP contribution in [0.25, 0.3) is 11.3 Å². The number of nitrogens with one attached hydrogen (secondary N) is 1. The summed E-state index contributed by atoms with van der Waals surface area (Å²) in [6, 6.07) is 17.1. The zero-order chi connectivity index (χ0) is 28.0. The number of carbonyl (C=O) groups is 2. The van der Waals surface area contributed by atoms with Gasteiger partial charge in [-0.25, -0.2) is 9.18 Å². The van der Waals surface area contributed by atoms with Gasteiger partial charge >= 0.3 is 6.03 Å². The maximum atomic E-state index is 13.4. The fourth-order valence-electron chi connectivity index (χ4n) is 4.29. The van der Waals surface area contributed by atoms with Crippen molar-refractivity contribution in [1.82, 2.24) is 25.3 Å². The molecule has 9 nitrogen and oxygen atoms in total. The summed E-state index contributed by atoms with van der Waals surface area (Å²) in [5, 5.41) is 11.7. The lowest BCUT2D eigenvalue weighted by Crippen LogP contribution is -2.54. The number of benzene rings is 2. The van der Waals surface area contributed by atoms with Crippen LogP contribution in [0.3, 0.4) is 0 Å². The number of anilines is 1. The maximum absolute atomic E-state index is 13.4. The van der Waals surface area contributed by atoms with Gasteiger partial charge in [0.15, 0.2) is 5.82 Å². The highest BCUT2D eigenvalue weighted by Gasteiger charge is 2.27. The highest BCUT2D eigenvalue weighted by Crippen LogP contribution is 2.23. The van der Waals surface area contributed by atoms with Crippen LogP contribution in [0.1, 0.15) is 26.3 Å². The second kappa shape index (κ2) is 12.1.